The number of hydrogen-bond acceptors (Lipinski definition) is 8. The number of rotatable bonds is 6. The molecule has 11 heteroatoms. The Morgan fingerprint density at radius 1 is 1.29 bits per heavy atom. The summed E-state index contributed by atoms with van der Waals surface area (Å²) in [6.07, 6.45) is 5.86. The van der Waals surface area contributed by atoms with Gasteiger partial charge < -0.3 is 20.1 Å². The number of nitrogens with two attached hydrogens (primary N) is 1. The molecule has 2 aliphatic heterocycles. The lowest BCUT2D eigenvalue weighted by Crippen LogP contribution is -2.47. The Balaban J connectivity index is 1.25. The first kappa shape index (κ1) is 21.1. The number of piperidine rings is 1. The molecule has 0 spiro atoms. The molecule has 178 valence electrons. The number of aromatic nitrogens is 6. The summed E-state index contributed by atoms with van der Waals surface area (Å²) in [6.45, 7) is 2.73. The molecule has 0 bridgehead atoms. The predicted octanol–water partition coefficient (Wildman–Crippen LogP) is 2.43. The van der Waals surface area contributed by atoms with Crippen molar-refractivity contribution in [2.24, 2.45) is 5.41 Å². The summed E-state index contributed by atoms with van der Waals surface area (Å²) < 4.78 is 27.5. The van der Waals surface area contributed by atoms with E-state index in [0.717, 1.165) is 48.3 Å². The second-order valence-corrected chi connectivity index (χ2v) is 9.37. The van der Waals surface area contributed by atoms with Crippen molar-refractivity contribution in [3.05, 3.63) is 36.4 Å². The number of fused-ring (bicyclic) bond motifs is 3. The lowest BCUT2D eigenvalue weighted by atomic mass is 9.88. The van der Waals surface area contributed by atoms with Crippen LogP contribution >= 0.6 is 0 Å². The quantitative estimate of drug-likeness (QED) is 0.462. The number of methoxy groups -OCH3 is 1. The molecule has 2 aliphatic rings. The SMILES string of the molecule is COc1ccc2c(c1)nc(N)n1nc([C@@H]3CCCN(c4cnn(CC5(CF)COC5)c4)C3)nc21. The van der Waals surface area contributed by atoms with Gasteiger partial charge in [0.25, 0.3) is 0 Å². The highest BCUT2D eigenvalue weighted by Crippen LogP contribution is 2.33. The smallest absolute Gasteiger partial charge is 0.223 e. The second-order valence-electron chi connectivity index (χ2n) is 9.37. The van der Waals surface area contributed by atoms with E-state index in [0.29, 0.717) is 37.1 Å². The van der Waals surface area contributed by atoms with E-state index < -0.39 is 12.1 Å². The van der Waals surface area contributed by atoms with Crippen LogP contribution in [0, 0.1) is 5.41 Å². The number of alkyl halides is 1. The van der Waals surface area contributed by atoms with Gasteiger partial charge in [-0.3, -0.25) is 9.07 Å². The van der Waals surface area contributed by atoms with E-state index in [4.69, 9.17) is 25.3 Å². The predicted molar refractivity (Wildman–Crippen MR) is 125 cm³/mol. The number of benzene rings is 1. The molecule has 1 atom stereocenters. The number of nitrogen functional groups attached to an aromatic ring is 1. The van der Waals surface area contributed by atoms with Crippen LogP contribution in [0.1, 0.15) is 24.6 Å². The van der Waals surface area contributed by atoms with Crippen LogP contribution in [0.2, 0.25) is 0 Å². The normalized spacial score (nSPS) is 20.1. The molecular weight excluding hydrogens is 439 g/mol. The molecule has 0 unspecified atom stereocenters. The summed E-state index contributed by atoms with van der Waals surface area (Å²) in [6, 6.07) is 5.67. The van der Waals surface area contributed by atoms with Crippen molar-refractivity contribution in [2.45, 2.75) is 25.3 Å². The van der Waals surface area contributed by atoms with Crippen molar-refractivity contribution in [3.8, 4) is 5.75 Å². The zero-order chi connectivity index (χ0) is 23.3. The Bertz CT molecular complexity index is 1340. The summed E-state index contributed by atoms with van der Waals surface area (Å²) in [4.78, 5) is 11.7. The summed E-state index contributed by atoms with van der Waals surface area (Å²) in [7, 11) is 1.62. The van der Waals surface area contributed by atoms with E-state index in [1.807, 2.05) is 35.3 Å². The minimum Gasteiger partial charge on any atom is -0.497 e. The molecule has 5 heterocycles. The van der Waals surface area contributed by atoms with Gasteiger partial charge in [-0.25, -0.2) is 9.97 Å². The summed E-state index contributed by atoms with van der Waals surface area (Å²) >= 11 is 0. The van der Waals surface area contributed by atoms with Gasteiger partial charge in [-0.1, -0.05) is 0 Å². The second kappa shape index (κ2) is 8.08. The molecule has 10 nitrogen and oxygen atoms in total. The summed E-state index contributed by atoms with van der Waals surface area (Å²) in [5.41, 5.74) is 8.23. The van der Waals surface area contributed by atoms with Crippen LogP contribution in [0.4, 0.5) is 16.0 Å². The molecule has 0 radical (unpaired) electrons. The fourth-order valence-electron chi connectivity index (χ4n) is 4.90. The molecule has 3 aromatic heterocycles. The van der Waals surface area contributed by atoms with Gasteiger partial charge in [-0.2, -0.15) is 9.61 Å². The zero-order valence-corrected chi connectivity index (χ0v) is 19.0. The third kappa shape index (κ3) is 3.51. The molecule has 6 rings (SSSR count). The van der Waals surface area contributed by atoms with Gasteiger partial charge in [0.15, 0.2) is 11.5 Å². The van der Waals surface area contributed by atoms with Crippen LogP contribution in [0.5, 0.6) is 5.75 Å². The highest BCUT2D eigenvalue weighted by molar-refractivity contribution is 5.93. The summed E-state index contributed by atoms with van der Waals surface area (Å²) in [5.74, 6) is 1.93. The number of ether oxygens (including phenoxy) is 2. The standard InChI is InChI=1S/C23H27FN8O2/c1-33-17-4-5-18-19(7-17)27-22(25)32-21(18)28-20(29-32)15-3-2-6-30(9-15)16-8-26-31(10-16)12-23(11-24)13-34-14-23/h4-5,7-8,10,15H,2-3,6,9,11-14H2,1H3,(H2,25,27)/t15-/m1/s1. The molecule has 0 aliphatic carbocycles. The third-order valence-corrected chi connectivity index (χ3v) is 6.89. The van der Waals surface area contributed by atoms with Crippen molar-refractivity contribution < 1.29 is 13.9 Å². The fourth-order valence-corrected chi connectivity index (χ4v) is 4.90. The van der Waals surface area contributed by atoms with Crippen molar-refractivity contribution in [2.75, 3.05) is 50.7 Å². The Hall–Kier alpha value is -3.47. The lowest BCUT2D eigenvalue weighted by Gasteiger charge is -2.38. The van der Waals surface area contributed by atoms with E-state index in [1.165, 1.54) is 0 Å². The third-order valence-electron chi connectivity index (χ3n) is 6.89. The van der Waals surface area contributed by atoms with Gasteiger partial charge >= 0.3 is 0 Å². The molecular formula is C23H27FN8O2. The molecule has 4 aromatic rings. The van der Waals surface area contributed by atoms with Crippen LogP contribution < -0.4 is 15.4 Å². The number of nitrogens with zero attached hydrogens (tertiary/aromatic N) is 7. The van der Waals surface area contributed by atoms with Gasteiger partial charge in [0, 0.05) is 36.7 Å². The van der Waals surface area contributed by atoms with Crippen LogP contribution in [0.25, 0.3) is 16.6 Å². The molecule has 2 saturated heterocycles. The van der Waals surface area contributed by atoms with Crippen LogP contribution in [-0.4, -0.2) is 69.5 Å². The van der Waals surface area contributed by atoms with E-state index in [2.05, 4.69) is 15.0 Å². The molecule has 0 amide bonds. The highest BCUT2D eigenvalue weighted by Gasteiger charge is 2.39. The molecule has 2 N–H and O–H groups in total. The van der Waals surface area contributed by atoms with Gasteiger partial charge in [-0.05, 0) is 25.0 Å². The van der Waals surface area contributed by atoms with Gasteiger partial charge in [0.2, 0.25) is 5.95 Å². The Labute approximate surface area is 195 Å². The van der Waals surface area contributed by atoms with Crippen LogP contribution in [-0.2, 0) is 11.3 Å². The topological polar surface area (TPSA) is 109 Å². The minimum atomic E-state index is -0.436. The maximum Gasteiger partial charge on any atom is 0.223 e. The average Bonchev–Trinajstić information content (AvgIpc) is 3.49. The average molecular weight is 467 g/mol. The first-order valence-corrected chi connectivity index (χ1v) is 11.5. The molecule has 0 saturated carbocycles. The Morgan fingerprint density at radius 3 is 2.94 bits per heavy atom. The van der Waals surface area contributed by atoms with Crippen molar-refractivity contribution in [1.82, 2.24) is 29.4 Å². The van der Waals surface area contributed by atoms with E-state index in [1.54, 1.807) is 11.6 Å². The van der Waals surface area contributed by atoms with Crippen LogP contribution in [0.3, 0.4) is 0 Å². The van der Waals surface area contributed by atoms with Crippen LogP contribution in [0.15, 0.2) is 30.6 Å². The van der Waals surface area contributed by atoms with E-state index in [9.17, 15) is 4.39 Å². The van der Waals surface area contributed by atoms with Crippen molar-refractivity contribution in [1.29, 1.82) is 0 Å². The Kier molecular flexibility index (Phi) is 5.01. The first-order valence-electron chi connectivity index (χ1n) is 11.5. The summed E-state index contributed by atoms with van der Waals surface area (Å²) in [5, 5.41) is 10.1. The molecule has 34 heavy (non-hydrogen) atoms. The van der Waals surface area contributed by atoms with E-state index in [-0.39, 0.29) is 5.92 Å². The minimum absolute atomic E-state index is 0.155. The zero-order valence-electron chi connectivity index (χ0n) is 19.0. The first-order chi connectivity index (χ1) is 16.6. The van der Waals surface area contributed by atoms with Crippen molar-refractivity contribution >= 4 is 28.2 Å². The monoisotopic (exact) mass is 466 g/mol. The maximum absolute atomic E-state index is 13.5. The number of anilines is 2. The molecule has 1 aromatic carbocycles. The van der Waals surface area contributed by atoms with Gasteiger partial charge in [-0.15, -0.1) is 5.10 Å². The van der Waals surface area contributed by atoms with E-state index >= 15 is 0 Å². The highest BCUT2D eigenvalue weighted by atomic mass is 19.1. The number of hydrogen-bond donors (Lipinski definition) is 1. The largest absolute Gasteiger partial charge is 0.497 e. The lowest BCUT2D eigenvalue weighted by molar-refractivity contribution is -0.133. The fraction of sp³-hybridized carbons (Fsp3) is 0.478. The van der Waals surface area contributed by atoms with Gasteiger partial charge in [0.1, 0.15) is 12.4 Å². The number of halogens is 1. The van der Waals surface area contributed by atoms with Crippen molar-refractivity contribution in [3.63, 3.8) is 0 Å². The molecule has 2 fully saturated rings. The maximum atomic E-state index is 13.5. The van der Waals surface area contributed by atoms with Gasteiger partial charge in [0.05, 0.1) is 49.7 Å². The Morgan fingerprint density at radius 2 is 2.18 bits per heavy atom.